The van der Waals surface area contributed by atoms with Crippen LogP contribution in [0.25, 0.3) is 28.1 Å². The van der Waals surface area contributed by atoms with Crippen molar-refractivity contribution in [2.45, 2.75) is 18.9 Å². The molecular formula is C25H20N4O2. The van der Waals surface area contributed by atoms with Gasteiger partial charge in [-0.1, -0.05) is 48.5 Å². The van der Waals surface area contributed by atoms with Crippen LogP contribution in [0.2, 0.25) is 0 Å². The predicted octanol–water partition coefficient (Wildman–Crippen LogP) is 4.99. The van der Waals surface area contributed by atoms with Crippen LogP contribution >= 0.6 is 0 Å². The Balaban J connectivity index is 1.38. The fraction of sp³-hybridized carbons (Fsp3) is 0.160. The van der Waals surface area contributed by atoms with Crippen LogP contribution in [-0.4, -0.2) is 33.0 Å². The molecule has 1 aliphatic rings. The molecule has 0 unspecified atom stereocenters. The molecule has 1 fully saturated rings. The largest absolute Gasteiger partial charge is 0.454 e. The monoisotopic (exact) mass is 408 g/mol. The van der Waals surface area contributed by atoms with E-state index in [-0.39, 0.29) is 5.78 Å². The third-order valence-corrected chi connectivity index (χ3v) is 5.72. The third-order valence-electron chi connectivity index (χ3n) is 5.72. The van der Waals surface area contributed by atoms with E-state index in [4.69, 9.17) is 9.52 Å². The van der Waals surface area contributed by atoms with Crippen LogP contribution < -0.4 is 4.90 Å². The molecule has 0 amide bonds. The quantitative estimate of drug-likeness (QED) is 0.370. The number of Topliss-reactive ketones (excluding diaryl/α,β-unsaturated/α-hetero) is 1. The molecule has 0 saturated heterocycles. The fourth-order valence-corrected chi connectivity index (χ4v) is 3.95. The molecule has 0 N–H and O–H groups in total. The van der Waals surface area contributed by atoms with Crippen LogP contribution in [0.5, 0.6) is 0 Å². The molecule has 0 bridgehead atoms. The second-order valence-electron chi connectivity index (χ2n) is 7.90. The lowest BCUT2D eigenvalue weighted by Gasteiger charge is -2.22. The summed E-state index contributed by atoms with van der Waals surface area (Å²) in [5.41, 5.74) is 3.08. The zero-order chi connectivity index (χ0) is 20.8. The summed E-state index contributed by atoms with van der Waals surface area (Å²) in [6.45, 7) is 0.307. The van der Waals surface area contributed by atoms with Crippen molar-refractivity contribution in [3.8, 4) is 11.5 Å². The number of hydrogen-bond acceptors (Lipinski definition) is 5. The second-order valence-corrected chi connectivity index (χ2v) is 7.90. The van der Waals surface area contributed by atoms with Gasteiger partial charge < -0.3 is 9.32 Å². The molecule has 3 heterocycles. The van der Waals surface area contributed by atoms with Crippen molar-refractivity contribution in [3.05, 3.63) is 84.6 Å². The number of aromatic nitrogens is 3. The van der Waals surface area contributed by atoms with Gasteiger partial charge in [0.25, 0.3) is 0 Å². The second kappa shape index (κ2) is 7.09. The molecule has 3 aromatic heterocycles. The first-order valence-electron chi connectivity index (χ1n) is 10.4. The summed E-state index contributed by atoms with van der Waals surface area (Å²) in [7, 11) is 0. The smallest absolute Gasteiger partial charge is 0.182 e. The van der Waals surface area contributed by atoms with Gasteiger partial charge in [0.1, 0.15) is 17.1 Å². The highest BCUT2D eigenvalue weighted by Crippen LogP contribution is 2.32. The van der Waals surface area contributed by atoms with Crippen LogP contribution in [0.4, 0.5) is 5.82 Å². The average Bonchev–Trinajstić information content (AvgIpc) is 3.42. The first-order valence-corrected chi connectivity index (χ1v) is 10.4. The van der Waals surface area contributed by atoms with Gasteiger partial charge in [-0.05, 0) is 37.1 Å². The van der Waals surface area contributed by atoms with E-state index in [0.29, 0.717) is 12.6 Å². The van der Waals surface area contributed by atoms with Crippen molar-refractivity contribution in [1.82, 2.24) is 14.6 Å². The molecule has 152 valence electrons. The van der Waals surface area contributed by atoms with Crippen LogP contribution in [-0.2, 0) is 0 Å². The van der Waals surface area contributed by atoms with Crippen LogP contribution in [0.3, 0.4) is 0 Å². The van der Waals surface area contributed by atoms with Crippen molar-refractivity contribution >= 4 is 28.2 Å². The number of furan rings is 1. The molecular weight excluding hydrogens is 388 g/mol. The maximum atomic E-state index is 12.9. The molecule has 2 aromatic carbocycles. The minimum Gasteiger partial charge on any atom is -0.454 e. The van der Waals surface area contributed by atoms with E-state index >= 15 is 0 Å². The number of nitrogens with zero attached hydrogens (tertiary/aromatic N) is 4. The van der Waals surface area contributed by atoms with Gasteiger partial charge in [0.2, 0.25) is 0 Å². The van der Waals surface area contributed by atoms with E-state index in [1.165, 1.54) is 0 Å². The van der Waals surface area contributed by atoms with Gasteiger partial charge in [0.05, 0.1) is 12.7 Å². The van der Waals surface area contributed by atoms with Crippen molar-refractivity contribution in [3.63, 3.8) is 0 Å². The van der Waals surface area contributed by atoms with E-state index in [0.717, 1.165) is 52.3 Å². The average molecular weight is 408 g/mol. The molecule has 1 aliphatic carbocycles. The number of benzene rings is 2. The number of carbonyl (C=O) groups is 1. The molecule has 5 aromatic rings. The molecule has 31 heavy (non-hydrogen) atoms. The minimum absolute atomic E-state index is 0.0949. The molecule has 6 rings (SSSR count). The molecule has 0 radical (unpaired) electrons. The van der Waals surface area contributed by atoms with E-state index in [1.807, 2.05) is 72.8 Å². The zero-order valence-corrected chi connectivity index (χ0v) is 16.8. The number of ketones is 1. The Morgan fingerprint density at radius 1 is 1.03 bits per heavy atom. The first-order chi connectivity index (χ1) is 15.3. The standard InChI is InChI=1S/C25H20N4O2/c30-21(17-6-2-1-3-7-17)16-28(19-10-11-19)25-13-12-24-26-15-20(29(24)27-25)23-14-18-8-4-5-9-22(18)31-23/h1-9,12-15,19H,10-11,16H2. The highest BCUT2D eigenvalue weighted by molar-refractivity contribution is 5.99. The molecule has 6 nitrogen and oxygen atoms in total. The van der Waals surface area contributed by atoms with Gasteiger partial charge in [0.15, 0.2) is 17.2 Å². The Labute approximate surface area is 178 Å². The summed E-state index contributed by atoms with van der Waals surface area (Å²) in [6, 6.07) is 23.6. The Morgan fingerprint density at radius 3 is 2.65 bits per heavy atom. The third kappa shape index (κ3) is 3.26. The van der Waals surface area contributed by atoms with Crippen LogP contribution in [0.1, 0.15) is 23.2 Å². The Kier molecular flexibility index (Phi) is 4.09. The van der Waals surface area contributed by atoms with Gasteiger partial charge in [-0.15, -0.1) is 5.10 Å². The van der Waals surface area contributed by atoms with Gasteiger partial charge in [-0.3, -0.25) is 4.79 Å². The molecule has 6 heteroatoms. The molecule has 0 spiro atoms. The van der Waals surface area contributed by atoms with Gasteiger partial charge in [-0.2, -0.15) is 0 Å². The maximum absolute atomic E-state index is 12.9. The lowest BCUT2D eigenvalue weighted by Crippen LogP contribution is -2.33. The summed E-state index contributed by atoms with van der Waals surface area (Å²) in [6.07, 6.45) is 3.92. The Hall–Kier alpha value is -3.93. The lowest BCUT2D eigenvalue weighted by molar-refractivity contribution is 0.0998. The predicted molar refractivity (Wildman–Crippen MR) is 119 cm³/mol. The number of rotatable bonds is 6. The maximum Gasteiger partial charge on any atom is 0.182 e. The minimum atomic E-state index is 0.0949. The van der Waals surface area contributed by atoms with Crippen molar-refractivity contribution in [1.29, 1.82) is 0 Å². The number of carbonyl (C=O) groups excluding carboxylic acids is 1. The normalized spacial score (nSPS) is 13.7. The molecule has 0 aliphatic heterocycles. The SMILES string of the molecule is O=C(CN(c1ccc2ncc(-c3cc4ccccc4o3)n2n1)C1CC1)c1ccccc1. The summed E-state index contributed by atoms with van der Waals surface area (Å²) in [5.74, 6) is 1.59. The number of anilines is 1. The van der Waals surface area contributed by atoms with Crippen molar-refractivity contribution in [2.75, 3.05) is 11.4 Å². The first kappa shape index (κ1) is 17.9. The summed E-state index contributed by atoms with van der Waals surface area (Å²) >= 11 is 0. The van der Waals surface area contributed by atoms with E-state index < -0.39 is 0 Å². The topological polar surface area (TPSA) is 63.6 Å². The Morgan fingerprint density at radius 2 is 1.84 bits per heavy atom. The lowest BCUT2D eigenvalue weighted by atomic mass is 10.1. The van der Waals surface area contributed by atoms with E-state index in [2.05, 4.69) is 9.88 Å². The number of fused-ring (bicyclic) bond motifs is 2. The van der Waals surface area contributed by atoms with E-state index in [1.54, 1.807) is 10.7 Å². The summed E-state index contributed by atoms with van der Waals surface area (Å²) < 4.78 is 7.84. The summed E-state index contributed by atoms with van der Waals surface area (Å²) in [5, 5.41) is 5.90. The van der Waals surface area contributed by atoms with Gasteiger partial charge >= 0.3 is 0 Å². The summed E-state index contributed by atoms with van der Waals surface area (Å²) in [4.78, 5) is 19.5. The van der Waals surface area contributed by atoms with Crippen molar-refractivity contribution < 1.29 is 9.21 Å². The number of hydrogen-bond donors (Lipinski definition) is 0. The van der Waals surface area contributed by atoms with E-state index in [9.17, 15) is 4.79 Å². The highest BCUT2D eigenvalue weighted by Gasteiger charge is 2.32. The highest BCUT2D eigenvalue weighted by atomic mass is 16.3. The van der Waals surface area contributed by atoms with Gasteiger partial charge in [-0.25, -0.2) is 9.50 Å². The number of para-hydroxylation sites is 1. The van der Waals surface area contributed by atoms with Gasteiger partial charge in [0, 0.05) is 17.0 Å². The molecule has 1 saturated carbocycles. The van der Waals surface area contributed by atoms with Crippen molar-refractivity contribution in [2.24, 2.45) is 0 Å². The Bertz CT molecular complexity index is 1370. The molecule has 0 atom stereocenters. The zero-order valence-electron chi connectivity index (χ0n) is 16.8. The number of imidazole rings is 1. The fourth-order valence-electron chi connectivity index (χ4n) is 3.95. The van der Waals surface area contributed by atoms with Crippen LogP contribution in [0.15, 0.2) is 83.4 Å². The van der Waals surface area contributed by atoms with Crippen LogP contribution in [0, 0.1) is 0 Å².